The van der Waals surface area contributed by atoms with Crippen molar-refractivity contribution < 1.29 is 0 Å². The van der Waals surface area contributed by atoms with Crippen LogP contribution in [0.3, 0.4) is 0 Å². The SMILES string of the molecule is CCn1nc(C)c2nc(CCl)n(CC3(C)CC3)c21. The molecule has 4 nitrogen and oxygen atoms in total. The van der Waals surface area contributed by atoms with E-state index in [1.807, 2.05) is 11.6 Å². The predicted molar refractivity (Wildman–Crippen MR) is 72.8 cm³/mol. The summed E-state index contributed by atoms with van der Waals surface area (Å²) in [6, 6.07) is 0. The van der Waals surface area contributed by atoms with E-state index in [0.29, 0.717) is 11.3 Å². The van der Waals surface area contributed by atoms with E-state index in [4.69, 9.17) is 11.6 Å². The van der Waals surface area contributed by atoms with Crippen molar-refractivity contribution in [3.8, 4) is 0 Å². The Bertz CT molecular complexity index is 592. The molecule has 0 radical (unpaired) electrons. The number of aromatic nitrogens is 4. The zero-order valence-electron chi connectivity index (χ0n) is 11.2. The van der Waals surface area contributed by atoms with Crippen LogP contribution in [0.5, 0.6) is 0 Å². The van der Waals surface area contributed by atoms with E-state index in [-0.39, 0.29) is 0 Å². The highest BCUT2D eigenvalue weighted by molar-refractivity contribution is 6.16. The Morgan fingerprint density at radius 1 is 1.39 bits per heavy atom. The van der Waals surface area contributed by atoms with Gasteiger partial charge in [0.05, 0.1) is 11.6 Å². The van der Waals surface area contributed by atoms with E-state index in [9.17, 15) is 0 Å². The van der Waals surface area contributed by atoms with Gasteiger partial charge < -0.3 is 4.57 Å². The molecule has 2 aromatic heterocycles. The highest BCUT2D eigenvalue weighted by atomic mass is 35.5. The van der Waals surface area contributed by atoms with Gasteiger partial charge in [0.2, 0.25) is 0 Å². The lowest BCUT2D eigenvalue weighted by Crippen LogP contribution is -2.13. The van der Waals surface area contributed by atoms with Crippen LogP contribution in [0.15, 0.2) is 0 Å². The fraction of sp³-hybridized carbons (Fsp3) is 0.692. The third-order valence-corrected chi connectivity index (χ3v) is 4.18. The molecule has 0 aromatic carbocycles. The summed E-state index contributed by atoms with van der Waals surface area (Å²) in [5.74, 6) is 1.44. The molecule has 0 N–H and O–H groups in total. The lowest BCUT2D eigenvalue weighted by Gasteiger charge is -2.13. The maximum Gasteiger partial charge on any atom is 0.158 e. The molecule has 0 bridgehead atoms. The van der Waals surface area contributed by atoms with Gasteiger partial charge >= 0.3 is 0 Å². The number of nitrogens with zero attached hydrogens (tertiary/aromatic N) is 4. The highest BCUT2D eigenvalue weighted by Crippen LogP contribution is 2.47. The number of halogens is 1. The molecule has 1 saturated carbocycles. The Kier molecular flexibility index (Phi) is 2.66. The molecule has 0 atom stereocenters. The summed E-state index contributed by atoms with van der Waals surface area (Å²) in [6.07, 6.45) is 2.60. The lowest BCUT2D eigenvalue weighted by molar-refractivity contribution is 0.456. The van der Waals surface area contributed by atoms with Crippen LogP contribution in [0.4, 0.5) is 0 Å². The van der Waals surface area contributed by atoms with Crippen molar-refractivity contribution in [2.75, 3.05) is 0 Å². The van der Waals surface area contributed by atoms with Gasteiger partial charge in [-0.05, 0) is 32.1 Å². The van der Waals surface area contributed by atoms with Crippen molar-refractivity contribution in [1.82, 2.24) is 19.3 Å². The summed E-state index contributed by atoms with van der Waals surface area (Å²) < 4.78 is 4.32. The molecule has 0 amide bonds. The molecule has 3 rings (SSSR count). The van der Waals surface area contributed by atoms with Gasteiger partial charge in [-0.2, -0.15) is 5.10 Å². The normalized spacial score (nSPS) is 17.6. The molecule has 1 aliphatic rings. The summed E-state index contributed by atoms with van der Waals surface area (Å²) in [5, 5.41) is 4.54. The minimum atomic E-state index is 0.436. The zero-order valence-corrected chi connectivity index (χ0v) is 12.0. The second-order valence-corrected chi connectivity index (χ2v) is 5.90. The molecule has 98 valence electrons. The Morgan fingerprint density at radius 2 is 2.11 bits per heavy atom. The molecule has 0 aliphatic heterocycles. The maximum atomic E-state index is 6.04. The molecule has 0 saturated heterocycles. The van der Waals surface area contributed by atoms with Crippen LogP contribution in [-0.2, 0) is 19.0 Å². The predicted octanol–water partition coefficient (Wildman–Crippen LogP) is 3.10. The number of imidazole rings is 1. The molecule has 18 heavy (non-hydrogen) atoms. The van der Waals surface area contributed by atoms with E-state index in [1.165, 1.54) is 12.8 Å². The first-order valence-electron chi connectivity index (χ1n) is 6.56. The number of rotatable bonds is 4. The lowest BCUT2D eigenvalue weighted by atomic mass is 10.1. The van der Waals surface area contributed by atoms with Crippen molar-refractivity contribution in [2.24, 2.45) is 5.41 Å². The summed E-state index contributed by atoms with van der Waals surface area (Å²) >= 11 is 6.04. The molecule has 2 heterocycles. The fourth-order valence-electron chi connectivity index (χ4n) is 2.51. The van der Waals surface area contributed by atoms with Gasteiger partial charge in [-0.3, -0.25) is 0 Å². The van der Waals surface area contributed by atoms with Gasteiger partial charge in [0.1, 0.15) is 11.3 Å². The molecule has 2 aromatic rings. The molecule has 1 aliphatic carbocycles. The van der Waals surface area contributed by atoms with Crippen LogP contribution in [0.1, 0.15) is 38.2 Å². The summed E-state index contributed by atoms with van der Waals surface area (Å²) in [6.45, 7) is 8.34. The number of aryl methyl sites for hydroxylation is 2. The Morgan fingerprint density at radius 3 is 2.67 bits per heavy atom. The monoisotopic (exact) mass is 266 g/mol. The highest BCUT2D eigenvalue weighted by Gasteiger charge is 2.38. The van der Waals surface area contributed by atoms with Gasteiger partial charge in [0.15, 0.2) is 5.65 Å². The first kappa shape index (κ1) is 12.0. The average molecular weight is 267 g/mol. The van der Waals surface area contributed by atoms with E-state index in [1.54, 1.807) is 0 Å². The molecular weight excluding hydrogens is 248 g/mol. The minimum Gasteiger partial charge on any atom is -0.311 e. The largest absolute Gasteiger partial charge is 0.311 e. The van der Waals surface area contributed by atoms with Gasteiger partial charge in [0, 0.05) is 13.1 Å². The van der Waals surface area contributed by atoms with Crippen molar-refractivity contribution in [2.45, 2.75) is 52.6 Å². The third-order valence-electron chi connectivity index (χ3n) is 3.94. The van der Waals surface area contributed by atoms with Crippen LogP contribution >= 0.6 is 11.6 Å². The summed E-state index contributed by atoms with van der Waals surface area (Å²) in [4.78, 5) is 4.66. The second-order valence-electron chi connectivity index (χ2n) is 5.63. The van der Waals surface area contributed by atoms with Gasteiger partial charge in [0.25, 0.3) is 0 Å². The minimum absolute atomic E-state index is 0.436. The maximum absolute atomic E-state index is 6.04. The topological polar surface area (TPSA) is 35.6 Å². The average Bonchev–Trinajstić information content (AvgIpc) is 2.85. The quantitative estimate of drug-likeness (QED) is 0.797. The number of fused-ring (bicyclic) bond motifs is 1. The second kappa shape index (κ2) is 3.98. The first-order chi connectivity index (χ1) is 8.58. The molecule has 1 fully saturated rings. The number of hydrogen-bond donors (Lipinski definition) is 0. The Balaban J connectivity index is 2.18. The van der Waals surface area contributed by atoms with E-state index < -0.39 is 0 Å². The molecular formula is C13H19ClN4. The smallest absolute Gasteiger partial charge is 0.158 e. The van der Waals surface area contributed by atoms with Gasteiger partial charge in [-0.25, -0.2) is 9.67 Å². The van der Waals surface area contributed by atoms with E-state index >= 15 is 0 Å². The third kappa shape index (κ3) is 1.74. The van der Waals surface area contributed by atoms with Crippen LogP contribution in [0.2, 0.25) is 0 Å². The van der Waals surface area contributed by atoms with Crippen molar-refractivity contribution in [1.29, 1.82) is 0 Å². The van der Waals surface area contributed by atoms with Crippen LogP contribution < -0.4 is 0 Å². The molecule has 5 heteroatoms. The molecule has 0 spiro atoms. The van der Waals surface area contributed by atoms with Crippen molar-refractivity contribution in [3.05, 3.63) is 11.5 Å². The van der Waals surface area contributed by atoms with Crippen LogP contribution in [0, 0.1) is 12.3 Å². The van der Waals surface area contributed by atoms with Crippen LogP contribution in [0.25, 0.3) is 11.2 Å². The standard InChI is InChI=1S/C13H19ClN4/c1-4-18-12-11(9(2)16-18)15-10(7-14)17(12)8-13(3)5-6-13/h4-8H2,1-3H3. The molecule has 0 unspecified atom stereocenters. The van der Waals surface area contributed by atoms with E-state index in [2.05, 4.69) is 28.5 Å². The number of alkyl halides is 1. The summed E-state index contributed by atoms with van der Waals surface area (Å²) in [5.41, 5.74) is 3.58. The van der Waals surface area contributed by atoms with Crippen LogP contribution in [-0.4, -0.2) is 19.3 Å². The van der Waals surface area contributed by atoms with Crippen molar-refractivity contribution >= 4 is 22.8 Å². The van der Waals surface area contributed by atoms with Gasteiger partial charge in [-0.1, -0.05) is 6.92 Å². The fourth-order valence-corrected chi connectivity index (χ4v) is 2.72. The zero-order chi connectivity index (χ0) is 12.9. The number of hydrogen-bond acceptors (Lipinski definition) is 2. The van der Waals surface area contributed by atoms with Gasteiger partial charge in [-0.15, -0.1) is 11.6 Å². The van der Waals surface area contributed by atoms with Crippen molar-refractivity contribution in [3.63, 3.8) is 0 Å². The Hall–Kier alpha value is -1.03. The summed E-state index contributed by atoms with van der Waals surface area (Å²) in [7, 11) is 0. The van der Waals surface area contributed by atoms with E-state index in [0.717, 1.165) is 35.8 Å². The first-order valence-corrected chi connectivity index (χ1v) is 7.10. The Labute approximate surface area is 112 Å².